The summed E-state index contributed by atoms with van der Waals surface area (Å²) in [6.07, 6.45) is 4.58. The highest BCUT2D eigenvalue weighted by Gasteiger charge is 2.37. The second-order valence-corrected chi connectivity index (χ2v) is 8.12. The molecule has 2 aromatic carbocycles. The van der Waals surface area contributed by atoms with Gasteiger partial charge in [0, 0.05) is 18.5 Å². The third kappa shape index (κ3) is 4.28. The van der Waals surface area contributed by atoms with Crippen LogP contribution in [0.3, 0.4) is 0 Å². The van der Waals surface area contributed by atoms with Crippen LogP contribution in [0.2, 0.25) is 0 Å². The molecule has 1 aliphatic carbocycles. The predicted octanol–water partition coefficient (Wildman–Crippen LogP) is 4.12. The van der Waals surface area contributed by atoms with Gasteiger partial charge in [-0.05, 0) is 54.5 Å². The zero-order valence-corrected chi connectivity index (χ0v) is 18.5. The van der Waals surface area contributed by atoms with E-state index in [2.05, 4.69) is 23.1 Å². The van der Waals surface area contributed by atoms with Gasteiger partial charge in [0.05, 0.1) is 20.3 Å². The van der Waals surface area contributed by atoms with Gasteiger partial charge in [0.1, 0.15) is 0 Å². The van der Waals surface area contributed by atoms with Gasteiger partial charge in [0.25, 0.3) is 0 Å². The van der Waals surface area contributed by atoms with E-state index in [1.165, 1.54) is 5.56 Å². The van der Waals surface area contributed by atoms with Crippen molar-refractivity contribution in [3.8, 4) is 11.5 Å². The van der Waals surface area contributed by atoms with E-state index in [9.17, 15) is 4.79 Å². The van der Waals surface area contributed by atoms with E-state index < -0.39 is 0 Å². The van der Waals surface area contributed by atoms with Crippen LogP contribution >= 0.6 is 12.4 Å². The van der Waals surface area contributed by atoms with Crippen molar-refractivity contribution in [3.05, 3.63) is 59.2 Å². The van der Waals surface area contributed by atoms with Crippen LogP contribution in [0.4, 0.5) is 0 Å². The lowest BCUT2D eigenvalue weighted by molar-refractivity contribution is -0.138. The lowest BCUT2D eigenvalue weighted by Gasteiger charge is -2.41. The highest BCUT2D eigenvalue weighted by atomic mass is 35.5. The van der Waals surface area contributed by atoms with Crippen molar-refractivity contribution >= 4 is 18.3 Å². The normalized spacial score (nSPS) is 23.2. The first-order valence-corrected chi connectivity index (χ1v) is 10.5. The van der Waals surface area contributed by atoms with Gasteiger partial charge in [-0.1, -0.05) is 36.8 Å². The van der Waals surface area contributed by atoms with E-state index in [1.54, 1.807) is 14.2 Å². The molecule has 2 N–H and O–H groups in total. The topological polar surface area (TPSA) is 64.8 Å². The van der Waals surface area contributed by atoms with Gasteiger partial charge in [0.15, 0.2) is 11.5 Å². The molecule has 1 fully saturated rings. The molecular weight excluding hydrogens is 400 g/mol. The minimum absolute atomic E-state index is 0. The molecule has 5 nitrogen and oxygen atoms in total. The Labute approximate surface area is 184 Å². The van der Waals surface area contributed by atoms with Crippen LogP contribution < -0.4 is 15.2 Å². The fourth-order valence-electron chi connectivity index (χ4n) is 4.86. The number of ether oxygens (including phenoxy) is 2. The Morgan fingerprint density at radius 2 is 1.77 bits per heavy atom. The molecule has 162 valence electrons. The number of amides is 1. The van der Waals surface area contributed by atoms with Crippen LogP contribution in [0, 0.1) is 5.92 Å². The molecule has 0 bridgehead atoms. The summed E-state index contributed by atoms with van der Waals surface area (Å²) in [5, 5.41) is 0. The molecule has 6 heteroatoms. The summed E-state index contributed by atoms with van der Waals surface area (Å²) in [5.41, 5.74) is 9.63. The van der Waals surface area contributed by atoms with E-state index in [4.69, 9.17) is 15.2 Å². The van der Waals surface area contributed by atoms with Crippen LogP contribution in [0.5, 0.6) is 11.5 Å². The molecule has 2 aromatic rings. The number of carbonyl (C=O) groups is 1. The number of hydrogen-bond acceptors (Lipinski definition) is 4. The van der Waals surface area contributed by atoms with E-state index in [-0.39, 0.29) is 36.3 Å². The van der Waals surface area contributed by atoms with Crippen molar-refractivity contribution in [1.82, 2.24) is 4.90 Å². The molecule has 2 aliphatic rings. The van der Waals surface area contributed by atoms with Gasteiger partial charge < -0.3 is 20.1 Å². The maximum absolute atomic E-state index is 13.6. The number of rotatable bonds is 4. The number of nitrogens with two attached hydrogens (primary N) is 1. The van der Waals surface area contributed by atoms with Crippen molar-refractivity contribution in [1.29, 1.82) is 0 Å². The highest BCUT2D eigenvalue weighted by molar-refractivity contribution is 5.85. The number of fused-ring (bicyclic) bond motifs is 1. The van der Waals surface area contributed by atoms with Crippen LogP contribution in [-0.4, -0.2) is 37.6 Å². The summed E-state index contributed by atoms with van der Waals surface area (Å²) in [6.45, 7) is 0.701. The fraction of sp³-hybridized carbons (Fsp3) is 0.458. The smallest absolute Gasteiger partial charge is 0.226 e. The van der Waals surface area contributed by atoms with Gasteiger partial charge in [-0.25, -0.2) is 0 Å². The number of hydrogen-bond donors (Lipinski definition) is 1. The van der Waals surface area contributed by atoms with Crippen LogP contribution in [0.1, 0.15) is 48.4 Å². The van der Waals surface area contributed by atoms with Crippen molar-refractivity contribution < 1.29 is 14.3 Å². The van der Waals surface area contributed by atoms with E-state index >= 15 is 0 Å². The number of halogens is 1. The van der Waals surface area contributed by atoms with E-state index in [0.29, 0.717) is 12.3 Å². The molecule has 0 radical (unpaired) electrons. The third-order valence-corrected chi connectivity index (χ3v) is 6.34. The van der Waals surface area contributed by atoms with Crippen LogP contribution in [0.25, 0.3) is 0 Å². The van der Waals surface area contributed by atoms with Crippen LogP contribution in [0.15, 0.2) is 42.5 Å². The third-order valence-electron chi connectivity index (χ3n) is 6.34. The Bertz CT molecular complexity index is 874. The number of nitrogens with zero attached hydrogens (tertiary/aromatic N) is 1. The van der Waals surface area contributed by atoms with Gasteiger partial charge in [0.2, 0.25) is 5.91 Å². The first-order valence-electron chi connectivity index (χ1n) is 10.5. The monoisotopic (exact) mass is 430 g/mol. The molecule has 1 heterocycles. The molecule has 4 rings (SSSR count). The molecule has 0 aromatic heterocycles. The zero-order valence-electron chi connectivity index (χ0n) is 17.7. The largest absolute Gasteiger partial charge is 0.493 e. The van der Waals surface area contributed by atoms with Crippen molar-refractivity contribution in [2.75, 3.05) is 20.8 Å². The minimum atomic E-state index is -0.120. The SMILES string of the molecule is COc1cc2c(cc1OC)C(c1ccccc1)N(C(=O)C1CCCC(N)C1)CC2.Cl. The molecule has 3 unspecified atom stereocenters. The Balaban J connectivity index is 0.00000256. The summed E-state index contributed by atoms with van der Waals surface area (Å²) in [7, 11) is 3.31. The molecule has 0 spiro atoms. The zero-order chi connectivity index (χ0) is 20.4. The summed E-state index contributed by atoms with van der Waals surface area (Å²) in [5.74, 6) is 1.68. The fourth-order valence-corrected chi connectivity index (χ4v) is 4.86. The molecule has 1 saturated carbocycles. The predicted molar refractivity (Wildman–Crippen MR) is 120 cm³/mol. The second kappa shape index (κ2) is 9.71. The average molecular weight is 431 g/mol. The molecule has 1 aliphatic heterocycles. The summed E-state index contributed by atoms with van der Waals surface area (Å²) in [6, 6.07) is 14.4. The molecule has 30 heavy (non-hydrogen) atoms. The minimum Gasteiger partial charge on any atom is -0.493 e. The van der Waals surface area contributed by atoms with Crippen molar-refractivity contribution in [2.45, 2.75) is 44.2 Å². The lowest BCUT2D eigenvalue weighted by atomic mass is 9.82. The maximum atomic E-state index is 13.6. The molecular formula is C24H31ClN2O3. The van der Waals surface area contributed by atoms with E-state index in [0.717, 1.165) is 49.0 Å². The Morgan fingerprint density at radius 3 is 2.43 bits per heavy atom. The Hall–Kier alpha value is -2.24. The summed E-state index contributed by atoms with van der Waals surface area (Å²) < 4.78 is 11.1. The van der Waals surface area contributed by atoms with Crippen molar-refractivity contribution in [2.24, 2.45) is 11.7 Å². The number of carbonyl (C=O) groups excluding carboxylic acids is 1. The first-order chi connectivity index (χ1) is 14.1. The summed E-state index contributed by atoms with van der Waals surface area (Å²) >= 11 is 0. The first kappa shape index (κ1) is 22.4. The second-order valence-electron chi connectivity index (χ2n) is 8.12. The van der Waals surface area contributed by atoms with Crippen LogP contribution in [-0.2, 0) is 11.2 Å². The van der Waals surface area contributed by atoms with E-state index in [1.807, 2.05) is 24.3 Å². The summed E-state index contributed by atoms with van der Waals surface area (Å²) in [4.78, 5) is 15.6. The molecule has 0 saturated heterocycles. The lowest BCUT2D eigenvalue weighted by Crippen LogP contribution is -2.45. The average Bonchev–Trinajstić information content (AvgIpc) is 2.77. The highest BCUT2D eigenvalue weighted by Crippen LogP contribution is 2.42. The number of methoxy groups -OCH3 is 2. The maximum Gasteiger partial charge on any atom is 0.226 e. The standard InChI is InChI=1S/C24H30N2O3.ClH/c1-28-21-14-17-11-12-26(24(27)18-9-6-10-19(25)13-18)23(16-7-4-3-5-8-16)20(17)15-22(21)29-2;/h3-5,7-8,14-15,18-19,23H,6,9-13,25H2,1-2H3;1H. The molecule has 3 atom stereocenters. The molecule has 1 amide bonds. The van der Waals surface area contributed by atoms with Gasteiger partial charge in [-0.3, -0.25) is 4.79 Å². The van der Waals surface area contributed by atoms with Gasteiger partial charge in [-0.2, -0.15) is 0 Å². The Morgan fingerprint density at radius 1 is 1.07 bits per heavy atom. The Kier molecular flexibility index (Phi) is 7.27. The van der Waals surface area contributed by atoms with Gasteiger partial charge in [-0.15, -0.1) is 12.4 Å². The van der Waals surface area contributed by atoms with Gasteiger partial charge >= 0.3 is 0 Å². The van der Waals surface area contributed by atoms with Crippen molar-refractivity contribution in [3.63, 3.8) is 0 Å². The quantitative estimate of drug-likeness (QED) is 0.792. The number of benzene rings is 2.